The molecule has 1 fully saturated rings. The maximum absolute atomic E-state index is 12.4. The van der Waals surface area contributed by atoms with E-state index in [0.29, 0.717) is 17.9 Å². The minimum Gasteiger partial charge on any atom is -0.481 e. The number of hydrogen-bond acceptors (Lipinski definition) is 3. The lowest BCUT2D eigenvalue weighted by Gasteiger charge is -2.15. The first-order valence-corrected chi connectivity index (χ1v) is 6.63. The summed E-state index contributed by atoms with van der Waals surface area (Å²) in [6.45, 7) is 4.67. The number of nitrogens with zero attached hydrogens (tertiary/aromatic N) is 1. The van der Waals surface area contributed by atoms with Crippen molar-refractivity contribution in [1.82, 2.24) is 4.90 Å². The van der Waals surface area contributed by atoms with E-state index in [2.05, 4.69) is 0 Å². The van der Waals surface area contributed by atoms with Crippen molar-refractivity contribution in [3.8, 4) is 0 Å². The molecule has 2 rings (SSSR count). The number of carboxylic acid groups (broad SMARTS) is 1. The van der Waals surface area contributed by atoms with Crippen LogP contribution in [0.15, 0.2) is 16.7 Å². The highest BCUT2D eigenvalue weighted by molar-refractivity contribution is 5.95. The van der Waals surface area contributed by atoms with Crippen molar-refractivity contribution in [2.24, 2.45) is 11.8 Å². The first kappa shape index (κ1) is 13.6. The van der Waals surface area contributed by atoms with Gasteiger partial charge in [0.2, 0.25) is 0 Å². The Morgan fingerprint density at radius 1 is 1.47 bits per heavy atom. The molecule has 5 nitrogen and oxygen atoms in total. The van der Waals surface area contributed by atoms with Crippen LogP contribution in [0.1, 0.15) is 36.4 Å². The molecule has 1 aromatic rings. The van der Waals surface area contributed by atoms with E-state index in [1.807, 2.05) is 13.8 Å². The number of likely N-dealkylation sites (tertiary alicyclic amines) is 1. The number of amides is 1. The number of rotatable bonds is 4. The Kier molecular flexibility index (Phi) is 3.93. The van der Waals surface area contributed by atoms with Crippen LogP contribution in [-0.4, -0.2) is 35.0 Å². The van der Waals surface area contributed by atoms with Crippen molar-refractivity contribution in [3.05, 3.63) is 23.7 Å². The molecule has 2 heterocycles. The van der Waals surface area contributed by atoms with Crippen molar-refractivity contribution < 1.29 is 19.1 Å². The van der Waals surface area contributed by atoms with Crippen LogP contribution in [-0.2, 0) is 11.2 Å². The van der Waals surface area contributed by atoms with Gasteiger partial charge in [-0.25, -0.2) is 0 Å². The van der Waals surface area contributed by atoms with Crippen LogP contribution in [0.2, 0.25) is 0 Å². The second-order valence-electron chi connectivity index (χ2n) is 5.14. The van der Waals surface area contributed by atoms with Crippen LogP contribution in [0, 0.1) is 11.8 Å². The van der Waals surface area contributed by atoms with Crippen molar-refractivity contribution in [3.63, 3.8) is 0 Å². The SMILES string of the molecule is CCCc1occc1C(=O)N1C[C@@H](C)[C@H](C(=O)O)C1. The average molecular weight is 265 g/mol. The average Bonchev–Trinajstić information content (AvgIpc) is 2.95. The maximum Gasteiger partial charge on any atom is 0.308 e. The molecule has 1 amide bonds. The van der Waals surface area contributed by atoms with E-state index in [4.69, 9.17) is 9.52 Å². The Morgan fingerprint density at radius 2 is 2.21 bits per heavy atom. The Bertz CT molecular complexity index is 480. The number of carbonyl (C=O) groups is 2. The fourth-order valence-corrected chi connectivity index (χ4v) is 2.58. The summed E-state index contributed by atoms with van der Waals surface area (Å²) in [4.78, 5) is 25.1. The first-order valence-electron chi connectivity index (χ1n) is 6.63. The highest BCUT2D eigenvalue weighted by Gasteiger charge is 2.37. The minimum absolute atomic E-state index is 0.0111. The number of aryl methyl sites for hydroxylation is 1. The lowest BCUT2D eigenvalue weighted by Crippen LogP contribution is -2.30. The molecule has 104 valence electrons. The summed E-state index contributed by atoms with van der Waals surface area (Å²) in [5.41, 5.74) is 0.570. The Labute approximate surface area is 112 Å². The predicted octanol–water partition coefficient (Wildman–Crippen LogP) is 2.02. The third kappa shape index (κ3) is 2.64. The van der Waals surface area contributed by atoms with Gasteiger partial charge in [-0.05, 0) is 18.4 Å². The molecular formula is C14H19NO4. The van der Waals surface area contributed by atoms with Gasteiger partial charge in [0.1, 0.15) is 5.76 Å². The van der Waals surface area contributed by atoms with E-state index in [1.165, 1.54) is 6.26 Å². The topological polar surface area (TPSA) is 70.8 Å². The molecule has 2 atom stereocenters. The normalized spacial score (nSPS) is 22.7. The molecule has 0 unspecified atom stereocenters. The van der Waals surface area contributed by atoms with Crippen molar-refractivity contribution in [2.75, 3.05) is 13.1 Å². The summed E-state index contributed by atoms with van der Waals surface area (Å²) >= 11 is 0. The van der Waals surface area contributed by atoms with E-state index in [0.717, 1.165) is 12.8 Å². The van der Waals surface area contributed by atoms with E-state index >= 15 is 0 Å². The monoisotopic (exact) mass is 265 g/mol. The fraction of sp³-hybridized carbons (Fsp3) is 0.571. The van der Waals surface area contributed by atoms with E-state index in [9.17, 15) is 9.59 Å². The standard InChI is InChI=1S/C14H19NO4/c1-3-4-12-10(5-6-19-12)13(16)15-7-9(2)11(8-15)14(17)18/h5-6,9,11H,3-4,7-8H2,1-2H3,(H,17,18)/t9-,11-/m1/s1. The zero-order valence-corrected chi connectivity index (χ0v) is 11.3. The molecule has 5 heteroatoms. The van der Waals surface area contributed by atoms with Crippen LogP contribution < -0.4 is 0 Å². The van der Waals surface area contributed by atoms with Crippen LogP contribution in [0.5, 0.6) is 0 Å². The van der Waals surface area contributed by atoms with Gasteiger partial charge in [-0.1, -0.05) is 13.8 Å². The Balaban J connectivity index is 2.12. The van der Waals surface area contributed by atoms with Crippen molar-refractivity contribution in [2.45, 2.75) is 26.7 Å². The molecule has 0 spiro atoms. The quantitative estimate of drug-likeness (QED) is 0.904. The Morgan fingerprint density at radius 3 is 2.79 bits per heavy atom. The van der Waals surface area contributed by atoms with Gasteiger partial charge in [-0.3, -0.25) is 9.59 Å². The van der Waals surface area contributed by atoms with Crippen LogP contribution >= 0.6 is 0 Å². The van der Waals surface area contributed by atoms with Gasteiger partial charge in [-0.15, -0.1) is 0 Å². The third-order valence-corrected chi connectivity index (χ3v) is 3.67. The molecule has 0 aliphatic carbocycles. The summed E-state index contributed by atoms with van der Waals surface area (Å²) in [5.74, 6) is -0.732. The number of carbonyl (C=O) groups excluding carboxylic acids is 1. The van der Waals surface area contributed by atoms with Crippen molar-refractivity contribution in [1.29, 1.82) is 0 Å². The first-order chi connectivity index (χ1) is 9.04. The molecule has 19 heavy (non-hydrogen) atoms. The summed E-state index contributed by atoms with van der Waals surface area (Å²) in [6, 6.07) is 1.67. The van der Waals surface area contributed by atoms with Crippen molar-refractivity contribution >= 4 is 11.9 Å². The molecule has 0 bridgehead atoms. The van der Waals surface area contributed by atoms with E-state index in [1.54, 1.807) is 11.0 Å². The van der Waals surface area contributed by atoms with Crippen LogP contribution in [0.25, 0.3) is 0 Å². The van der Waals surface area contributed by atoms with Crippen LogP contribution in [0.3, 0.4) is 0 Å². The number of furan rings is 1. The molecule has 1 saturated heterocycles. The largest absolute Gasteiger partial charge is 0.481 e. The molecule has 1 aliphatic heterocycles. The van der Waals surface area contributed by atoms with Gasteiger partial charge in [0.05, 0.1) is 17.7 Å². The Hall–Kier alpha value is -1.78. The van der Waals surface area contributed by atoms with E-state index < -0.39 is 11.9 Å². The molecular weight excluding hydrogens is 246 g/mol. The molecule has 0 saturated carbocycles. The molecule has 1 aliphatic rings. The summed E-state index contributed by atoms with van der Waals surface area (Å²) in [7, 11) is 0. The molecule has 1 aromatic heterocycles. The molecule has 1 N–H and O–H groups in total. The zero-order chi connectivity index (χ0) is 14.0. The van der Waals surface area contributed by atoms with E-state index in [-0.39, 0.29) is 18.4 Å². The zero-order valence-electron chi connectivity index (χ0n) is 11.3. The van der Waals surface area contributed by atoms with Gasteiger partial charge < -0.3 is 14.4 Å². The molecule has 0 radical (unpaired) electrons. The van der Waals surface area contributed by atoms with Gasteiger partial charge in [-0.2, -0.15) is 0 Å². The highest BCUT2D eigenvalue weighted by Crippen LogP contribution is 2.26. The molecule has 0 aromatic carbocycles. The van der Waals surface area contributed by atoms with Gasteiger partial charge in [0.25, 0.3) is 5.91 Å². The predicted molar refractivity (Wildman–Crippen MR) is 68.9 cm³/mol. The second-order valence-corrected chi connectivity index (χ2v) is 5.14. The second kappa shape index (κ2) is 5.47. The lowest BCUT2D eigenvalue weighted by molar-refractivity contribution is -0.142. The number of hydrogen-bond donors (Lipinski definition) is 1. The summed E-state index contributed by atoms with van der Waals surface area (Å²) in [5, 5.41) is 9.10. The number of aliphatic carboxylic acids is 1. The maximum atomic E-state index is 12.4. The summed E-state index contributed by atoms with van der Waals surface area (Å²) < 4.78 is 5.32. The van der Waals surface area contributed by atoms with Crippen LogP contribution in [0.4, 0.5) is 0 Å². The van der Waals surface area contributed by atoms with Gasteiger partial charge in [0, 0.05) is 19.5 Å². The fourth-order valence-electron chi connectivity index (χ4n) is 2.58. The number of carboxylic acids is 1. The third-order valence-electron chi connectivity index (χ3n) is 3.67. The van der Waals surface area contributed by atoms with Gasteiger partial charge in [0.15, 0.2) is 0 Å². The summed E-state index contributed by atoms with van der Waals surface area (Å²) in [6.07, 6.45) is 3.15. The smallest absolute Gasteiger partial charge is 0.308 e. The highest BCUT2D eigenvalue weighted by atomic mass is 16.4. The minimum atomic E-state index is -0.830. The van der Waals surface area contributed by atoms with Gasteiger partial charge >= 0.3 is 5.97 Å². The lowest BCUT2D eigenvalue weighted by atomic mass is 9.99.